The smallest absolute Gasteiger partial charge is 0.244 e. The highest BCUT2D eigenvalue weighted by molar-refractivity contribution is 6.28. The number of allylic oxidation sites excluding steroid dienone is 3. The van der Waals surface area contributed by atoms with E-state index in [9.17, 15) is 4.79 Å². The summed E-state index contributed by atoms with van der Waals surface area (Å²) < 4.78 is 0. The number of benzene rings is 1. The average Bonchev–Trinajstić information content (AvgIpc) is 2.54. The Balaban J connectivity index is 1.97. The molecule has 0 aliphatic heterocycles. The number of aromatic nitrogens is 2. The number of halogens is 1. The molecular weight excluding hydrogens is 310 g/mol. The number of hydrogen-bond acceptors (Lipinski definition) is 3. The third kappa shape index (κ3) is 3.48. The first-order chi connectivity index (χ1) is 11.2. The van der Waals surface area contributed by atoms with Crippen LogP contribution in [0.5, 0.6) is 0 Å². The summed E-state index contributed by atoms with van der Waals surface area (Å²) >= 11 is 5.94. The molecule has 1 aliphatic carbocycles. The number of nitrogens with zero attached hydrogens (tertiary/aromatic N) is 2. The Labute approximate surface area is 139 Å². The molecule has 4 nitrogen and oxygen atoms in total. The molecule has 1 unspecified atom stereocenters. The minimum absolute atomic E-state index is 0.0359. The van der Waals surface area contributed by atoms with Crippen LogP contribution in [0.25, 0.3) is 16.5 Å². The maximum Gasteiger partial charge on any atom is 0.244 e. The molecule has 23 heavy (non-hydrogen) atoms. The van der Waals surface area contributed by atoms with E-state index < -0.39 is 0 Å². The van der Waals surface area contributed by atoms with E-state index in [1.54, 1.807) is 12.3 Å². The van der Waals surface area contributed by atoms with Crippen molar-refractivity contribution in [2.75, 3.05) is 0 Å². The van der Waals surface area contributed by atoms with E-state index in [0.29, 0.717) is 0 Å². The predicted molar refractivity (Wildman–Crippen MR) is 93.0 cm³/mol. The molecule has 1 N–H and O–H groups in total. The van der Waals surface area contributed by atoms with Gasteiger partial charge in [-0.3, -0.25) is 4.79 Å². The molecule has 0 saturated heterocycles. The topological polar surface area (TPSA) is 54.9 Å². The molecule has 1 heterocycles. The SMILES string of the molecule is C/C=C/C(=O)NC1C=C(c2cccc3cnc(Cl)nc23)C=CC1. The third-order valence-corrected chi connectivity index (χ3v) is 3.79. The first kappa shape index (κ1) is 15.4. The molecule has 1 atom stereocenters. The van der Waals surface area contributed by atoms with Gasteiger partial charge < -0.3 is 5.32 Å². The van der Waals surface area contributed by atoms with Gasteiger partial charge in [0.05, 0.1) is 11.6 Å². The largest absolute Gasteiger partial charge is 0.346 e. The molecule has 116 valence electrons. The van der Waals surface area contributed by atoms with E-state index in [-0.39, 0.29) is 17.2 Å². The number of amides is 1. The second-order valence-corrected chi connectivity index (χ2v) is 5.60. The van der Waals surface area contributed by atoms with Gasteiger partial charge in [0.2, 0.25) is 11.2 Å². The average molecular weight is 326 g/mol. The molecule has 3 rings (SSSR count). The van der Waals surface area contributed by atoms with Crippen LogP contribution in [-0.4, -0.2) is 21.9 Å². The normalized spacial score (nSPS) is 17.5. The summed E-state index contributed by atoms with van der Waals surface area (Å²) in [5.74, 6) is -0.0910. The molecule has 0 fully saturated rings. The van der Waals surface area contributed by atoms with Crippen LogP contribution < -0.4 is 5.32 Å². The Kier molecular flexibility index (Phi) is 4.53. The summed E-state index contributed by atoms with van der Waals surface area (Å²) in [7, 11) is 0. The van der Waals surface area contributed by atoms with Crippen LogP contribution in [0.3, 0.4) is 0 Å². The van der Waals surface area contributed by atoms with Gasteiger partial charge in [0, 0.05) is 17.1 Å². The first-order valence-electron chi connectivity index (χ1n) is 7.40. The summed E-state index contributed by atoms with van der Waals surface area (Å²) in [6.07, 6.45) is 11.9. The zero-order valence-corrected chi connectivity index (χ0v) is 13.4. The number of fused-ring (bicyclic) bond motifs is 1. The first-order valence-corrected chi connectivity index (χ1v) is 7.78. The maximum atomic E-state index is 11.7. The molecule has 1 amide bonds. The van der Waals surface area contributed by atoms with Crippen molar-refractivity contribution in [1.29, 1.82) is 0 Å². The van der Waals surface area contributed by atoms with Gasteiger partial charge in [-0.2, -0.15) is 0 Å². The second-order valence-electron chi connectivity index (χ2n) is 5.26. The highest BCUT2D eigenvalue weighted by Crippen LogP contribution is 2.27. The van der Waals surface area contributed by atoms with Crippen molar-refractivity contribution in [2.45, 2.75) is 19.4 Å². The van der Waals surface area contributed by atoms with Crippen LogP contribution in [0.2, 0.25) is 5.28 Å². The monoisotopic (exact) mass is 325 g/mol. The number of hydrogen-bond donors (Lipinski definition) is 1. The van der Waals surface area contributed by atoms with Crippen LogP contribution in [0, 0.1) is 0 Å². The third-order valence-electron chi connectivity index (χ3n) is 3.61. The van der Waals surface area contributed by atoms with E-state index >= 15 is 0 Å². The van der Waals surface area contributed by atoms with Crippen molar-refractivity contribution in [1.82, 2.24) is 15.3 Å². The Hall–Kier alpha value is -2.46. The molecule has 0 saturated carbocycles. The minimum atomic E-state index is -0.0910. The molecule has 1 aliphatic rings. The van der Waals surface area contributed by atoms with Crippen LogP contribution in [0.15, 0.2) is 54.8 Å². The van der Waals surface area contributed by atoms with Gasteiger partial charge in [-0.25, -0.2) is 9.97 Å². The molecule has 1 aromatic heterocycles. The summed E-state index contributed by atoms with van der Waals surface area (Å²) in [6, 6.07) is 5.88. The lowest BCUT2D eigenvalue weighted by Crippen LogP contribution is -2.32. The van der Waals surface area contributed by atoms with Crippen LogP contribution in [-0.2, 0) is 4.79 Å². The van der Waals surface area contributed by atoms with Crippen LogP contribution in [0.1, 0.15) is 18.9 Å². The van der Waals surface area contributed by atoms with E-state index in [1.165, 1.54) is 6.08 Å². The molecule has 0 bridgehead atoms. The van der Waals surface area contributed by atoms with Crippen molar-refractivity contribution in [2.24, 2.45) is 0 Å². The number of para-hydroxylation sites is 1. The Morgan fingerprint density at radius 3 is 3.13 bits per heavy atom. The molecule has 1 aromatic carbocycles. The van der Waals surface area contributed by atoms with Gasteiger partial charge in [-0.15, -0.1) is 0 Å². The number of carbonyl (C=O) groups is 1. The molecule has 0 radical (unpaired) electrons. The highest BCUT2D eigenvalue weighted by atomic mass is 35.5. The van der Waals surface area contributed by atoms with Crippen molar-refractivity contribution < 1.29 is 4.79 Å². The summed E-state index contributed by atoms with van der Waals surface area (Å²) in [5, 5.41) is 4.12. The Morgan fingerprint density at radius 1 is 1.43 bits per heavy atom. The van der Waals surface area contributed by atoms with Gasteiger partial charge in [0.25, 0.3) is 0 Å². The van der Waals surface area contributed by atoms with E-state index in [0.717, 1.165) is 28.5 Å². The molecule has 2 aromatic rings. The fraction of sp³-hybridized carbons (Fsp3) is 0.167. The lowest BCUT2D eigenvalue weighted by Gasteiger charge is -2.18. The highest BCUT2D eigenvalue weighted by Gasteiger charge is 2.14. The zero-order valence-electron chi connectivity index (χ0n) is 12.7. The standard InChI is InChI=1S/C18H16ClN3O/c1-2-5-16(23)21-14-8-3-6-12(10-14)15-9-4-7-13-11-20-18(19)22-17(13)15/h2-7,9-11,14H,8H2,1H3,(H,21,23)/b5-2+. The van der Waals surface area contributed by atoms with Gasteiger partial charge in [0.1, 0.15) is 0 Å². The van der Waals surface area contributed by atoms with Crippen molar-refractivity contribution in [3.05, 3.63) is 65.6 Å². The number of carbonyl (C=O) groups excluding carboxylic acids is 1. The summed E-state index contributed by atoms with van der Waals surface area (Å²) in [6.45, 7) is 1.82. The summed E-state index contributed by atoms with van der Waals surface area (Å²) in [4.78, 5) is 20.1. The molecule has 5 heteroatoms. The van der Waals surface area contributed by atoms with Crippen molar-refractivity contribution >= 4 is 34.0 Å². The van der Waals surface area contributed by atoms with Gasteiger partial charge >= 0.3 is 0 Å². The predicted octanol–water partition coefficient (Wildman–Crippen LogP) is 3.69. The second kappa shape index (κ2) is 6.75. The number of nitrogens with one attached hydrogen (secondary N) is 1. The van der Waals surface area contributed by atoms with Crippen molar-refractivity contribution in [3.63, 3.8) is 0 Å². The van der Waals surface area contributed by atoms with Gasteiger partial charge in [-0.1, -0.05) is 42.5 Å². The minimum Gasteiger partial charge on any atom is -0.346 e. The fourth-order valence-electron chi connectivity index (χ4n) is 2.61. The maximum absolute atomic E-state index is 11.7. The summed E-state index contributed by atoms with van der Waals surface area (Å²) in [5.41, 5.74) is 2.80. The Bertz CT molecular complexity index is 839. The quantitative estimate of drug-likeness (QED) is 0.691. The van der Waals surface area contributed by atoms with Crippen molar-refractivity contribution in [3.8, 4) is 0 Å². The lowest BCUT2D eigenvalue weighted by molar-refractivity contribution is -0.116. The fourth-order valence-corrected chi connectivity index (χ4v) is 2.74. The molecular formula is C18H16ClN3O. The van der Waals surface area contributed by atoms with Gasteiger partial charge in [0.15, 0.2) is 0 Å². The van der Waals surface area contributed by atoms with E-state index in [4.69, 9.17) is 11.6 Å². The van der Waals surface area contributed by atoms with Crippen LogP contribution in [0.4, 0.5) is 0 Å². The lowest BCUT2D eigenvalue weighted by atomic mass is 9.95. The Morgan fingerprint density at radius 2 is 2.30 bits per heavy atom. The number of rotatable bonds is 3. The van der Waals surface area contributed by atoms with E-state index in [2.05, 4.69) is 21.4 Å². The van der Waals surface area contributed by atoms with E-state index in [1.807, 2.05) is 37.3 Å². The van der Waals surface area contributed by atoms with Crippen LogP contribution >= 0.6 is 11.6 Å². The zero-order chi connectivity index (χ0) is 16.2. The van der Waals surface area contributed by atoms with Gasteiger partial charge in [-0.05, 0) is 36.6 Å². The molecule has 0 spiro atoms.